The van der Waals surface area contributed by atoms with Crippen molar-refractivity contribution >= 4 is 17.7 Å². The molecule has 1 fully saturated rings. The molecule has 0 bridgehead atoms. The van der Waals surface area contributed by atoms with E-state index in [1.54, 1.807) is 0 Å². The van der Waals surface area contributed by atoms with Gasteiger partial charge in [-0.2, -0.15) is 0 Å². The van der Waals surface area contributed by atoms with Crippen LogP contribution in [0.25, 0.3) is 11.4 Å². The van der Waals surface area contributed by atoms with Crippen LogP contribution in [0.15, 0.2) is 29.4 Å². The minimum Gasteiger partial charge on any atom is -0.352 e. The van der Waals surface area contributed by atoms with Crippen molar-refractivity contribution in [3.05, 3.63) is 29.8 Å². The molecular formula is C21H30N4OS. The lowest BCUT2D eigenvalue weighted by Gasteiger charge is -2.29. The summed E-state index contributed by atoms with van der Waals surface area (Å²) < 4.78 is 2.13. The Morgan fingerprint density at radius 1 is 1.30 bits per heavy atom. The lowest BCUT2D eigenvalue weighted by atomic mass is 9.86. The average Bonchev–Trinajstić information content (AvgIpc) is 3.05. The average molecular weight is 387 g/mol. The number of hydrogen-bond donors (Lipinski definition) is 1. The highest BCUT2D eigenvalue weighted by molar-refractivity contribution is 7.99. The van der Waals surface area contributed by atoms with Crippen LogP contribution in [0.3, 0.4) is 0 Å². The molecule has 0 aliphatic heterocycles. The predicted molar refractivity (Wildman–Crippen MR) is 111 cm³/mol. The third-order valence-electron chi connectivity index (χ3n) is 5.23. The van der Waals surface area contributed by atoms with E-state index in [9.17, 15) is 4.79 Å². The van der Waals surface area contributed by atoms with Gasteiger partial charge in [-0.15, -0.1) is 10.2 Å². The second-order valence-electron chi connectivity index (χ2n) is 7.55. The van der Waals surface area contributed by atoms with Crippen molar-refractivity contribution in [2.45, 2.75) is 70.6 Å². The fraction of sp³-hybridized carbons (Fsp3) is 0.571. The summed E-state index contributed by atoms with van der Waals surface area (Å²) in [5.74, 6) is 1.94. The van der Waals surface area contributed by atoms with Crippen molar-refractivity contribution in [3.63, 3.8) is 0 Å². The number of carbonyl (C=O) groups excluding carboxylic acids is 1. The summed E-state index contributed by atoms with van der Waals surface area (Å²) in [7, 11) is 0. The molecule has 5 nitrogen and oxygen atoms in total. The first-order valence-electron chi connectivity index (χ1n) is 10.0. The highest BCUT2D eigenvalue weighted by Crippen LogP contribution is 2.26. The normalized spacial score (nSPS) is 19.8. The molecule has 1 amide bonds. The molecule has 1 saturated carbocycles. The van der Waals surface area contributed by atoms with E-state index in [1.807, 2.05) is 6.07 Å². The molecule has 27 heavy (non-hydrogen) atoms. The number of hydrogen-bond acceptors (Lipinski definition) is 4. The van der Waals surface area contributed by atoms with E-state index in [2.05, 4.69) is 59.1 Å². The largest absolute Gasteiger partial charge is 0.352 e. The van der Waals surface area contributed by atoms with Gasteiger partial charge in [0.2, 0.25) is 5.91 Å². The number of thioether (sulfide) groups is 1. The maximum atomic E-state index is 12.4. The van der Waals surface area contributed by atoms with Crippen molar-refractivity contribution < 1.29 is 4.79 Å². The zero-order valence-corrected chi connectivity index (χ0v) is 17.4. The van der Waals surface area contributed by atoms with Crippen LogP contribution >= 0.6 is 11.8 Å². The first-order chi connectivity index (χ1) is 13.1. The summed E-state index contributed by atoms with van der Waals surface area (Å²) in [6.07, 6.45) is 5.80. The molecule has 1 aliphatic rings. The summed E-state index contributed by atoms with van der Waals surface area (Å²) in [5.41, 5.74) is 2.28. The van der Waals surface area contributed by atoms with Crippen molar-refractivity contribution in [3.8, 4) is 11.4 Å². The van der Waals surface area contributed by atoms with Gasteiger partial charge in [-0.05, 0) is 38.2 Å². The number of rotatable bonds is 7. The smallest absolute Gasteiger partial charge is 0.230 e. The Balaban J connectivity index is 1.67. The molecule has 0 saturated heterocycles. The monoisotopic (exact) mass is 386 g/mol. The van der Waals surface area contributed by atoms with Gasteiger partial charge in [0.15, 0.2) is 11.0 Å². The zero-order valence-electron chi connectivity index (χ0n) is 16.6. The maximum Gasteiger partial charge on any atom is 0.230 e. The van der Waals surface area contributed by atoms with Crippen LogP contribution in [0.1, 0.15) is 51.5 Å². The third-order valence-corrected chi connectivity index (χ3v) is 6.20. The number of carbonyl (C=O) groups is 1. The minimum atomic E-state index is 0.0990. The Bertz CT molecular complexity index is 773. The minimum absolute atomic E-state index is 0.0990. The van der Waals surface area contributed by atoms with Crippen LogP contribution in [-0.2, 0) is 11.3 Å². The molecule has 0 unspecified atom stereocenters. The van der Waals surface area contributed by atoms with Gasteiger partial charge < -0.3 is 9.88 Å². The summed E-state index contributed by atoms with van der Waals surface area (Å²) >= 11 is 1.48. The Kier molecular flexibility index (Phi) is 6.94. The van der Waals surface area contributed by atoms with E-state index in [0.717, 1.165) is 35.9 Å². The van der Waals surface area contributed by atoms with Gasteiger partial charge >= 0.3 is 0 Å². The van der Waals surface area contributed by atoms with Gasteiger partial charge in [0.25, 0.3) is 0 Å². The van der Waals surface area contributed by atoms with Gasteiger partial charge in [-0.3, -0.25) is 4.79 Å². The highest BCUT2D eigenvalue weighted by atomic mass is 32.2. The number of aryl methyl sites for hydroxylation is 1. The Morgan fingerprint density at radius 3 is 2.85 bits per heavy atom. The van der Waals surface area contributed by atoms with Crippen LogP contribution in [0.5, 0.6) is 0 Å². The van der Waals surface area contributed by atoms with E-state index < -0.39 is 0 Å². The van der Waals surface area contributed by atoms with Crippen LogP contribution < -0.4 is 5.32 Å². The lowest BCUT2D eigenvalue weighted by molar-refractivity contribution is -0.119. The molecule has 1 aromatic heterocycles. The molecule has 2 atom stereocenters. The molecule has 1 heterocycles. The van der Waals surface area contributed by atoms with Crippen molar-refractivity contribution in [1.29, 1.82) is 0 Å². The molecule has 1 N–H and O–H groups in total. The molecular weight excluding hydrogens is 356 g/mol. The van der Waals surface area contributed by atoms with E-state index in [-0.39, 0.29) is 5.91 Å². The Morgan fingerprint density at radius 2 is 2.11 bits per heavy atom. The third kappa shape index (κ3) is 5.12. The number of amides is 1. The van der Waals surface area contributed by atoms with Gasteiger partial charge in [0.1, 0.15) is 0 Å². The Hall–Kier alpha value is -1.82. The maximum absolute atomic E-state index is 12.4. The van der Waals surface area contributed by atoms with E-state index in [4.69, 9.17) is 0 Å². The first kappa shape index (κ1) is 19.9. The second-order valence-corrected chi connectivity index (χ2v) is 8.49. The van der Waals surface area contributed by atoms with Crippen LogP contribution in [0, 0.1) is 12.8 Å². The topological polar surface area (TPSA) is 59.8 Å². The number of nitrogens with one attached hydrogen (secondary N) is 1. The molecule has 146 valence electrons. The fourth-order valence-electron chi connectivity index (χ4n) is 3.73. The van der Waals surface area contributed by atoms with Gasteiger partial charge in [-0.25, -0.2) is 0 Å². The quantitative estimate of drug-likeness (QED) is 0.714. The SMILES string of the molecule is CCCn1c(SCC(=O)N[C@H]2CCCC[C@H]2C)nnc1-c1cccc(C)c1. The summed E-state index contributed by atoms with van der Waals surface area (Å²) in [5, 5.41) is 12.8. The van der Waals surface area contributed by atoms with E-state index in [1.165, 1.54) is 36.6 Å². The second kappa shape index (κ2) is 9.40. The van der Waals surface area contributed by atoms with Crippen molar-refractivity contribution in [2.75, 3.05) is 5.75 Å². The number of benzene rings is 1. The molecule has 2 aromatic rings. The molecule has 0 spiro atoms. The standard InChI is InChI=1S/C21H30N4OS/c1-4-12-25-20(17-10-7-8-15(2)13-17)23-24-21(25)27-14-19(26)22-18-11-6-5-9-16(18)3/h7-8,10,13,16,18H,4-6,9,11-12,14H2,1-3H3,(H,22,26)/t16-,18+/m1/s1. The van der Waals surface area contributed by atoms with Gasteiger partial charge in [0, 0.05) is 18.2 Å². The molecule has 0 radical (unpaired) electrons. The van der Waals surface area contributed by atoms with Crippen LogP contribution in [-0.4, -0.2) is 32.5 Å². The van der Waals surface area contributed by atoms with E-state index in [0.29, 0.717) is 17.7 Å². The Labute approximate surface area is 166 Å². The summed E-state index contributed by atoms with van der Waals surface area (Å²) in [4.78, 5) is 12.4. The van der Waals surface area contributed by atoms with Crippen molar-refractivity contribution in [1.82, 2.24) is 20.1 Å². The van der Waals surface area contributed by atoms with Crippen molar-refractivity contribution in [2.24, 2.45) is 5.92 Å². The van der Waals surface area contributed by atoms with Crippen LogP contribution in [0.4, 0.5) is 0 Å². The highest BCUT2D eigenvalue weighted by Gasteiger charge is 2.23. The number of aromatic nitrogens is 3. The first-order valence-corrected chi connectivity index (χ1v) is 11.0. The summed E-state index contributed by atoms with van der Waals surface area (Å²) in [6.45, 7) is 7.31. The lowest BCUT2D eigenvalue weighted by Crippen LogP contribution is -2.41. The molecule has 1 aromatic carbocycles. The fourth-order valence-corrected chi connectivity index (χ4v) is 4.50. The number of nitrogens with zero attached hydrogens (tertiary/aromatic N) is 3. The molecule has 6 heteroatoms. The predicted octanol–water partition coefficient (Wildman–Crippen LogP) is 4.45. The molecule has 3 rings (SSSR count). The van der Waals surface area contributed by atoms with E-state index >= 15 is 0 Å². The summed E-state index contributed by atoms with van der Waals surface area (Å²) in [6, 6.07) is 8.64. The van der Waals surface area contributed by atoms with Gasteiger partial charge in [0.05, 0.1) is 5.75 Å². The molecule has 1 aliphatic carbocycles. The van der Waals surface area contributed by atoms with Crippen LogP contribution in [0.2, 0.25) is 0 Å². The zero-order chi connectivity index (χ0) is 19.2. The van der Waals surface area contributed by atoms with Gasteiger partial charge in [-0.1, -0.05) is 62.2 Å².